The van der Waals surface area contributed by atoms with Crippen molar-refractivity contribution in [2.75, 3.05) is 29.5 Å². The maximum atomic E-state index is 13.1. The number of aromatic amines is 1. The number of carbonyl (C=O) groups is 1. The van der Waals surface area contributed by atoms with Crippen molar-refractivity contribution in [3.8, 4) is 5.75 Å². The summed E-state index contributed by atoms with van der Waals surface area (Å²) in [7, 11) is 0. The Morgan fingerprint density at radius 3 is 2.48 bits per heavy atom. The van der Waals surface area contributed by atoms with Gasteiger partial charge in [-0.25, -0.2) is 4.79 Å². The second-order valence-electron chi connectivity index (χ2n) is 7.59. The second kappa shape index (κ2) is 11.6. The Morgan fingerprint density at radius 2 is 1.90 bits per heavy atom. The number of thioether (sulfide) groups is 1. The van der Waals surface area contributed by atoms with Crippen LogP contribution in [0.5, 0.6) is 5.75 Å². The number of nitrogens with one attached hydrogen (secondary N) is 1. The number of nitrogen functional groups attached to an aromatic ring is 1. The number of ether oxygens (including phenoxy) is 1. The van der Waals surface area contributed by atoms with Crippen molar-refractivity contribution in [1.29, 1.82) is 0 Å². The molecule has 0 fully saturated rings. The number of nitrogens with two attached hydrogens (primary N) is 1. The summed E-state index contributed by atoms with van der Waals surface area (Å²) in [6, 6.07) is 7.50. The fourth-order valence-corrected chi connectivity index (χ4v) is 3.86. The fourth-order valence-electron chi connectivity index (χ4n) is 3.08. The molecule has 0 aliphatic rings. The zero-order chi connectivity index (χ0) is 23.0. The summed E-state index contributed by atoms with van der Waals surface area (Å²) < 4.78 is 6.76. The summed E-state index contributed by atoms with van der Waals surface area (Å²) in [5.74, 6) is 0.848. The van der Waals surface area contributed by atoms with Crippen LogP contribution in [0.4, 0.5) is 11.5 Å². The quantitative estimate of drug-likeness (QED) is 0.511. The molecule has 0 saturated heterocycles. The molecule has 1 amide bonds. The molecule has 1 aromatic carbocycles. The van der Waals surface area contributed by atoms with E-state index in [0.29, 0.717) is 26.1 Å². The molecular weight excluding hydrogens is 416 g/mol. The van der Waals surface area contributed by atoms with E-state index in [1.807, 2.05) is 52.0 Å². The van der Waals surface area contributed by atoms with Gasteiger partial charge in [-0.2, -0.15) is 0 Å². The van der Waals surface area contributed by atoms with Crippen molar-refractivity contribution >= 4 is 29.2 Å². The minimum atomic E-state index is -0.641. The number of hydrogen-bond donors (Lipinski definition) is 2. The summed E-state index contributed by atoms with van der Waals surface area (Å²) in [5, 5.41) is 0. The first-order valence-electron chi connectivity index (χ1n) is 10.6. The van der Waals surface area contributed by atoms with Crippen molar-refractivity contribution in [2.45, 2.75) is 52.0 Å². The van der Waals surface area contributed by atoms with Gasteiger partial charge in [0.05, 0.1) is 12.4 Å². The molecule has 2 rings (SSSR count). The monoisotopic (exact) mass is 448 g/mol. The van der Waals surface area contributed by atoms with Gasteiger partial charge in [0.2, 0.25) is 5.91 Å². The molecular formula is C22H32N4O4S. The SMILES string of the molecule is CCCCN(C(=O)CSc1ccc(OCC)cc1)c1c(N)n(CC(C)C)c(=O)[nH]c1=O. The van der Waals surface area contributed by atoms with E-state index in [4.69, 9.17) is 10.5 Å². The molecule has 0 unspecified atom stereocenters. The van der Waals surface area contributed by atoms with Crippen molar-refractivity contribution in [3.63, 3.8) is 0 Å². The standard InChI is InChI=1S/C22H32N4O4S/c1-5-7-12-25(18(27)14-31-17-10-8-16(9-11-17)30-6-2)19-20(23)26(13-15(3)4)22(29)24-21(19)28/h8-11,15H,5-7,12-14,23H2,1-4H3,(H,24,28,29). The van der Waals surface area contributed by atoms with Crippen LogP contribution in [0.1, 0.15) is 40.5 Å². The predicted molar refractivity (Wildman–Crippen MR) is 126 cm³/mol. The molecule has 3 N–H and O–H groups in total. The summed E-state index contributed by atoms with van der Waals surface area (Å²) in [6.45, 7) is 9.12. The number of unbranched alkanes of at least 4 members (excludes halogenated alkanes) is 1. The average molecular weight is 449 g/mol. The summed E-state index contributed by atoms with van der Waals surface area (Å²) in [5.41, 5.74) is 5.07. The Kier molecular flexibility index (Phi) is 9.23. The number of hydrogen-bond acceptors (Lipinski definition) is 6. The Balaban J connectivity index is 2.29. The van der Waals surface area contributed by atoms with Crippen LogP contribution >= 0.6 is 11.8 Å². The molecule has 8 nitrogen and oxygen atoms in total. The highest BCUT2D eigenvalue weighted by atomic mass is 32.2. The maximum Gasteiger partial charge on any atom is 0.330 e. The van der Waals surface area contributed by atoms with Crippen LogP contribution in [0.3, 0.4) is 0 Å². The highest BCUT2D eigenvalue weighted by Gasteiger charge is 2.24. The molecule has 2 aromatic rings. The van der Waals surface area contributed by atoms with Crippen molar-refractivity contribution < 1.29 is 9.53 Å². The molecule has 9 heteroatoms. The van der Waals surface area contributed by atoms with Crippen molar-refractivity contribution in [2.24, 2.45) is 5.92 Å². The van der Waals surface area contributed by atoms with E-state index in [-0.39, 0.29) is 29.1 Å². The third kappa shape index (κ3) is 6.65. The number of H-pyrrole nitrogens is 1. The topological polar surface area (TPSA) is 110 Å². The zero-order valence-electron chi connectivity index (χ0n) is 18.6. The zero-order valence-corrected chi connectivity index (χ0v) is 19.5. The summed E-state index contributed by atoms with van der Waals surface area (Å²) in [6.07, 6.45) is 1.56. The summed E-state index contributed by atoms with van der Waals surface area (Å²) in [4.78, 5) is 42.6. The number of amides is 1. The number of aromatic nitrogens is 2. The van der Waals surface area contributed by atoms with Gasteiger partial charge in [-0.05, 0) is 43.5 Å². The molecule has 0 aliphatic carbocycles. The van der Waals surface area contributed by atoms with Crippen LogP contribution in [-0.4, -0.2) is 34.4 Å². The summed E-state index contributed by atoms with van der Waals surface area (Å²) >= 11 is 1.37. The molecule has 0 bridgehead atoms. The van der Waals surface area contributed by atoms with Crippen LogP contribution in [-0.2, 0) is 11.3 Å². The van der Waals surface area contributed by atoms with E-state index in [0.717, 1.165) is 17.1 Å². The smallest absolute Gasteiger partial charge is 0.330 e. The van der Waals surface area contributed by atoms with Gasteiger partial charge in [0.25, 0.3) is 5.56 Å². The van der Waals surface area contributed by atoms with Gasteiger partial charge >= 0.3 is 5.69 Å². The molecule has 1 heterocycles. The first-order valence-corrected chi connectivity index (χ1v) is 11.6. The third-order valence-electron chi connectivity index (χ3n) is 4.57. The average Bonchev–Trinajstić information content (AvgIpc) is 2.72. The highest BCUT2D eigenvalue weighted by Crippen LogP contribution is 2.24. The number of anilines is 2. The second-order valence-corrected chi connectivity index (χ2v) is 8.64. The predicted octanol–water partition coefficient (Wildman–Crippen LogP) is 3.10. The number of benzene rings is 1. The molecule has 0 atom stereocenters. The minimum Gasteiger partial charge on any atom is -0.494 e. The van der Waals surface area contributed by atoms with Crippen molar-refractivity contribution in [1.82, 2.24) is 9.55 Å². The molecule has 0 saturated carbocycles. The van der Waals surface area contributed by atoms with Gasteiger partial charge in [-0.15, -0.1) is 11.8 Å². The lowest BCUT2D eigenvalue weighted by Gasteiger charge is -2.24. The van der Waals surface area contributed by atoms with Gasteiger partial charge in [0.15, 0.2) is 5.69 Å². The van der Waals surface area contributed by atoms with E-state index < -0.39 is 11.2 Å². The molecule has 0 aliphatic heterocycles. The lowest BCUT2D eigenvalue weighted by Crippen LogP contribution is -2.42. The van der Waals surface area contributed by atoms with Gasteiger partial charge in [0, 0.05) is 18.0 Å². The Labute approximate surface area is 186 Å². The molecule has 0 radical (unpaired) electrons. The normalized spacial score (nSPS) is 11.0. The first-order chi connectivity index (χ1) is 14.8. The van der Waals surface area contributed by atoms with Gasteiger partial charge < -0.3 is 15.4 Å². The van der Waals surface area contributed by atoms with Crippen LogP contribution in [0.2, 0.25) is 0 Å². The fraction of sp³-hybridized carbons (Fsp3) is 0.500. The van der Waals surface area contributed by atoms with Crippen molar-refractivity contribution in [3.05, 3.63) is 45.1 Å². The van der Waals surface area contributed by atoms with Crippen LogP contribution < -0.4 is 26.6 Å². The van der Waals surface area contributed by atoms with Gasteiger partial charge in [0.1, 0.15) is 11.6 Å². The Morgan fingerprint density at radius 1 is 1.23 bits per heavy atom. The van der Waals surface area contributed by atoms with E-state index in [9.17, 15) is 14.4 Å². The molecule has 1 aromatic heterocycles. The Hall–Kier alpha value is -2.68. The minimum absolute atomic E-state index is 0.0259. The molecule has 31 heavy (non-hydrogen) atoms. The first kappa shape index (κ1) is 24.6. The van der Waals surface area contributed by atoms with Crippen LogP contribution in [0.15, 0.2) is 38.8 Å². The lowest BCUT2D eigenvalue weighted by atomic mass is 10.2. The van der Waals surface area contributed by atoms with E-state index in [1.54, 1.807) is 0 Å². The number of nitrogens with zero attached hydrogens (tertiary/aromatic N) is 2. The maximum absolute atomic E-state index is 13.1. The van der Waals surface area contributed by atoms with E-state index in [2.05, 4.69) is 4.98 Å². The van der Waals surface area contributed by atoms with E-state index in [1.165, 1.54) is 21.2 Å². The highest BCUT2D eigenvalue weighted by molar-refractivity contribution is 8.00. The molecule has 170 valence electrons. The third-order valence-corrected chi connectivity index (χ3v) is 5.56. The molecule has 0 spiro atoms. The largest absolute Gasteiger partial charge is 0.494 e. The van der Waals surface area contributed by atoms with Gasteiger partial charge in [-0.1, -0.05) is 27.2 Å². The van der Waals surface area contributed by atoms with Crippen LogP contribution in [0, 0.1) is 5.92 Å². The number of rotatable bonds is 11. The van der Waals surface area contributed by atoms with Gasteiger partial charge in [-0.3, -0.25) is 19.1 Å². The van der Waals surface area contributed by atoms with E-state index >= 15 is 0 Å². The Bertz CT molecular complexity index is 982. The number of carbonyl (C=O) groups excluding carboxylic acids is 1. The lowest BCUT2D eigenvalue weighted by molar-refractivity contribution is -0.116. The van der Waals surface area contributed by atoms with Crippen LogP contribution in [0.25, 0.3) is 0 Å².